The van der Waals surface area contributed by atoms with Gasteiger partial charge in [-0.15, -0.1) is 0 Å². The molecule has 1 heterocycles. The van der Waals surface area contributed by atoms with Gasteiger partial charge in [-0.3, -0.25) is 4.72 Å². The molecule has 0 bridgehead atoms. The Morgan fingerprint density at radius 2 is 1.75 bits per heavy atom. The summed E-state index contributed by atoms with van der Waals surface area (Å²) in [6.07, 6.45) is 0. The highest BCUT2D eigenvalue weighted by atomic mass is 32.2. The van der Waals surface area contributed by atoms with Crippen LogP contribution in [-0.2, 0) is 16.6 Å². The Balaban J connectivity index is 2.41. The quantitative estimate of drug-likeness (QED) is 0.915. The van der Waals surface area contributed by atoms with Crippen LogP contribution < -0.4 is 5.73 Å². The zero-order chi connectivity index (χ0) is 14.8. The van der Waals surface area contributed by atoms with E-state index in [1.165, 1.54) is 6.07 Å². The molecule has 0 saturated heterocycles. The maximum Gasteiger partial charge on any atom is 0.229 e. The molecule has 1 aromatic heterocycles. The molecular formula is C13H16N4O2S. The van der Waals surface area contributed by atoms with Crippen molar-refractivity contribution in [3.8, 4) is 0 Å². The Labute approximate surface area is 118 Å². The molecule has 0 aliphatic heterocycles. The summed E-state index contributed by atoms with van der Waals surface area (Å²) in [5.74, 6) is -0.0404. The number of sulfonamides is 1. The van der Waals surface area contributed by atoms with Gasteiger partial charge in [0.1, 0.15) is 6.54 Å². The largest absolute Gasteiger partial charge is 0.363 e. The second kappa shape index (κ2) is 5.56. The van der Waals surface area contributed by atoms with Crippen molar-refractivity contribution in [2.24, 2.45) is 0 Å². The lowest BCUT2D eigenvalue weighted by atomic mass is 10.2. The molecule has 0 saturated carbocycles. The van der Waals surface area contributed by atoms with Gasteiger partial charge in [0.2, 0.25) is 10.0 Å². The van der Waals surface area contributed by atoms with Crippen LogP contribution in [0.2, 0.25) is 0 Å². The van der Waals surface area contributed by atoms with E-state index in [-0.39, 0.29) is 10.8 Å². The molecule has 0 amide bonds. The summed E-state index contributed by atoms with van der Waals surface area (Å²) >= 11 is 0. The second-order valence-corrected chi connectivity index (χ2v) is 5.95. The number of benzene rings is 1. The van der Waals surface area contributed by atoms with E-state index in [2.05, 4.69) is 20.4 Å². The van der Waals surface area contributed by atoms with Crippen molar-refractivity contribution < 1.29 is 14.2 Å². The molecule has 20 heavy (non-hydrogen) atoms. The summed E-state index contributed by atoms with van der Waals surface area (Å²) in [6.45, 7) is 3.91. The molecule has 0 atom stereocenters. The van der Waals surface area contributed by atoms with Crippen molar-refractivity contribution in [1.29, 1.82) is 0 Å². The van der Waals surface area contributed by atoms with Crippen molar-refractivity contribution in [2.45, 2.75) is 25.3 Å². The van der Waals surface area contributed by atoms with E-state index < -0.39 is 10.0 Å². The zero-order valence-electron chi connectivity index (χ0n) is 11.4. The standard InChI is InChI=1S/C13H15N4O2S/c1-9-7-10(2)16-13(15-9)17-20(18,19)12-6-4-3-5-11(12)8-14/h3-7H,8,14H2,1-2H3/q-1/p+1. The highest BCUT2D eigenvalue weighted by Gasteiger charge is 2.16. The van der Waals surface area contributed by atoms with Crippen LogP contribution in [0.25, 0.3) is 4.72 Å². The monoisotopic (exact) mass is 292 g/mol. The minimum absolute atomic E-state index is 0.0404. The molecule has 0 aliphatic carbocycles. The number of aryl methyl sites for hydroxylation is 2. The summed E-state index contributed by atoms with van der Waals surface area (Å²) in [5.41, 5.74) is 5.71. The Kier molecular flexibility index (Phi) is 4.01. The summed E-state index contributed by atoms with van der Waals surface area (Å²) in [5, 5.41) is 0. The van der Waals surface area contributed by atoms with Gasteiger partial charge in [0.15, 0.2) is 0 Å². The Bertz CT molecular complexity index is 709. The highest BCUT2D eigenvalue weighted by Crippen LogP contribution is 2.26. The van der Waals surface area contributed by atoms with Gasteiger partial charge < -0.3 is 15.7 Å². The third kappa shape index (κ3) is 3.12. The predicted molar refractivity (Wildman–Crippen MR) is 74.7 cm³/mol. The molecule has 6 nitrogen and oxygen atoms in total. The molecule has 0 radical (unpaired) electrons. The molecule has 0 aliphatic rings. The predicted octanol–water partition coefficient (Wildman–Crippen LogP) is 1.23. The molecule has 106 valence electrons. The number of quaternary nitrogens is 1. The summed E-state index contributed by atoms with van der Waals surface area (Å²) in [7, 11) is -3.83. The number of hydrogen-bond acceptors (Lipinski definition) is 4. The van der Waals surface area contributed by atoms with Crippen molar-refractivity contribution in [2.75, 3.05) is 0 Å². The first-order chi connectivity index (χ1) is 9.42. The van der Waals surface area contributed by atoms with E-state index in [1.54, 1.807) is 38.1 Å². The van der Waals surface area contributed by atoms with E-state index in [9.17, 15) is 8.42 Å². The van der Waals surface area contributed by atoms with Crippen LogP contribution in [0.15, 0.2) is 35.2 Å². The minimum atomic E-state index is -3.83. The summed E-state index contributed by atoms with van der Waals surface area (Å²) < 4.78 is 28.4. The van der Waals surface area contributed by atoms with E-state index in [4.69, 9.17) is 0 Å². The van der Waals surface area contributed by atoms with Crippen molar-refractivity contribution in [3.05, 3.63) is 52.0 Å². The molecule has 1 aromatic carbocycles. The maximum absolute atomic E-state index is 12.3. The Hall–Kier alpha value is -1.99. The molecule has 3 N–H and O–H groups in total. The van der Waals surface area contributed by atoms with Gasteiger partial charge in [-0.25, -0.2) is 8.42 Å². The molecular weight excluding hydrogens is 276 g/mol. The normalized spacial score (nSPS) is 11.3. The van der Waals surface area contributed by atoms with Crippen LogP contribution in [0.4, 0.5) is 5.95 Å². The lowest BCUT2D eigenvalue weighted by Crippen LogP contribution is -2.47. The Morgan fingerprint density at radius 3 is 2.35 bits per heavy atom. The van der Waals surface area contributed by atoms with Gasteiger partial charge in [0.25, 0.3) is 0 Å². The van der Waals surface area contributed by atoms with E-state index >= 15 is 0 Å². The zero-order valence-corrected chi connectivity index (χ0v) is 12.2. The topological polar surface area (TPSA) is 102 Å². The number of hydrogen-bond donors (Lipinski definition) is 1. The second-order valence-electron chi connectivity index (χ2n) is 4.37. The van der Waals surface area contributed by atoms with E-state index in [0.29, 0.717) is 23.5 Å². The van der Waals surface area contributed by atoms with Crippen molar-refractivity contribution in [3.63, 3.8) is 0 Å². The van der Waals surface area contributed by atoms with Gasteiger partial charge in [-0.05, 0) is 31.3 Å². The van der Waals surface area contributed by atoms with Gasteiger partial charge in [0, 0.05) is 11.5 Å². The average molecular weight is 292 g/mol. The number of rotatable bonds is 4. The van der Waals surface area contributed by atoms with E-state index in [0.717, 1.165) is 0 Å². The van der Waals surface area contributed by atoms with Crippen molar-refractivity contribution in [1.82, 2.24) is 9.97 Å². The van der Waals surface area contributed by atoms with Gasteiger partial charge in [-0.2, -0.15) is 0 Å². The van der Waals surface area contributed by atoms with Crippen LogP contribution in [0.5, 0.6) is 0 Å². The molecule has 0 spiro atoms. The third-order valence-electron chi connectivity index (χ3n) is 2.69. The Morgan fingerprint density at radius 1 is 1.15 bits per heavy atom. The number of aromatic nitrogens is 2. The summed E-state index contributed by atoms with van der Waals surface area (Å²) in [6, 6.07) is 8.42. The average Bonchev–Trinajstić information content (AvgIpc) is 2.36. The molecule has 0 fully saturated rings. The van der Waals surface area contributed by atoms with Crippen LogP contribution in [0.3, 0.4) is 0 Å². The fourth-order valence-corrected chi connectivity index (χ4v) is 3.01. The maximum atomic E-state index is 12.3. The van der Waals surface area contributed by atoms with Crippen LogP contribution in [0, 0.1) is 13.8 Å². The van der Waals surface area contributed by atoms with Crippen LogP contribution in [-0.4, -0.2) is 18.4 Å². The highest BCUT2D eigenvalue weighted by molar-refractivity contribution is 7.94. The molecule has 2 aromatic rings. The van der Waals surface area contributed by atoms with Crippen LogP contribution >= 0.6 is 0 Å². The molecule has 2 rings (SSSR count). The molecule has 7 heteroatoms. The van der Waals surface area contributed by atoms with Crippen molar-refractivity contribution >= 4 is 16.0 Å². The van der Waals surface area contributed by atoms with Gasteiger partial charge >= 0.3 is 0 Å². The molecule has 0 unspecified atom stereocenters. The SMILES string of the molecule is Cc1cc(C)nc([N-]S(=O)(=O)c2ccccc2C[NH3+])n1. The van der Waals surface area contributed by atoms with Crippen LogP contribution in [0.1, 0.15) is 17.0 Å². The first-order valence-electron chi connectivity index (χ1n) is 6.10. The first-order valence-corrected chi connectivity index (χ1v) is 7.54. The lowest BCUT2D eigenvalue weighted by molar-refractivity contribution is -0.387. The smallest absolute Gasteiger partial charge is 0.229 e. The van der Waals surface area contributed by atoms with Gasteiger partial charge in [-0.1, -0.05) is 24.3 Å². The van der Waals surface area contributed by atoms with Gasteiger partial charge in [0.05, 0.1) is 4.90 Å². The lowest BCUT2D eigenvalue weighted by Gasteiger charge is -2.16. The van der Waals surface area contributed by atoms with E-state index in [1.807, 2.05) is 0 Å². The fraction of sp³-hybridized carbons (Fsp3) is 0.231. The third-order valence-corrected chi connectivity index (χ3v) is 4.05. The minimum Gasteiger partial charge on any atom is -0.363 e. The first kappa shape index (κ1) is 14.4. The fourth-order valence-electron chi connectivity index (χ4n) is 1.87. The number of nitrogens with zero attached hydrogens (tertiary/aromatic N) is 3. The summed E-state index contributed by atoms with van der Waals surface area (Å²) in [4.78, 5) is 8.21.